The van der Waals surface area contributed by atoms with E-state index in [4.69, 9.17) is 15.6 Å². The van der Waals surface area contributed by atoms with Gasteiger partial charge in [-0.3, -0.25) is 0 Å². The fourth-order valence-corrected chi connectivity index (χ4v) is 4.45. The molecule has 1 fully saturated rings. The maximum absolute atomic E-state index is 14.5. The molecule has 3 heterocycles. The van der Waals surface area contributed by atoms with Crippen LogP contribution in [0.5, 0.6) is 11.8 Å². The summed E-state index contributed by atoms with van der Waals surface area (Å²) in [6.45, 7) is 1.87. The quantitative estimate of drug-likeness (QED) is 0.433. The van der Waals surface area contributed by atoms with Gasteiger partial charge < -0.3 is 19.2 Å². The number of ether oxygens (including phenoxy) is 1. The van der Waals surface area contributed by atoms with E-state index in [1.165, 1.54) is 36.3 Å². The second kappa shape index (κ2) is 8.20. The lowest BCUT2D eigenvalue weighted by Crippen LogP contribution is -2.52. The van der Waals surface area contributed by atoms with Gasteiger partial charge >= 0.3 is 11.6 Å². The normalized spacial score (nSPS) is 15.5. The number of anilines is 1. The first-order valence-corrected chi connectivity index (χ1v) is 10.6. The maximum Gasteiger partial charge on any atom is 0.349 e. The third kappa shape index (κ3) is 3.43. The Balaban J connectivity index is 1.86. The van der Waals surface area contributed by atoms with E-state index in [9.17, 15) is 23.1 Å². The highest BCUT2D eigenvalue weighted by Gasteiger charge is 2.38. The SMILES string of the molecule is C#Cc1c(F)ccc2cc(O)cc(-c3oc(=O)c4c(N5CCC5C(F)F)nc(OC)nc4c3C)c12. The number of terminal acetylenes is 1. The van der Waals surface area contributed by atoms with E-state index in [2.05, 4.69) is 15.9 Å². The number of methoxy groups -OCH3 is 1. The molecule has 0 aliphatic carbocycles. The minimum absolute atomic E-state index is 0.00813. The minimum atomic E-state index is -2.64. The Morgan fingerprint density at radius 2 is 2.06 bits per heavy atom. The summed E-state index contributed by atoms with van der Waals surface area (Å²) in [6.07, 6.45) is 3.17. The lowest BCUT2D eigenvalue weighted by molar-refractivity contribution is 0.0872. The van der Waals surface area contributed by atoms with Crippen LogP contribution in [0.15, 0.2) is 33.5 Å². The Hall–Kier alpha value is -4.26. The highest BCUT2D eigenvalue weighted by atomic mass is 19.3. The van der Waals surface area contributed by atoms with Gasteiger partial charge in [0.2, 0.25) is 0 Å². The Kier molecular flexibility index (Phi) is 5.28. The highest BCUT2D eigenvalue weighted by molar-refractivity contribution is 6.03. The van der Waals surface area contributed by atoms with E-state index in [1.54, 1.807) is 6.92 Å². The molecule has 178 valence electrons. The molecule has 1 aliphatic heterocycles. The van der Waals surface area contributed by atoms with E-state index in [-0.39, 0.29) is 63.7 Å². The van der Waals surface area contributed by atoms with Crippen molar-refractivity contribution in [1.82, 2.24) is 9.97 Å². The molecule has 0 bridgehead atoms. The summed E-state index contributed by atoms with van der Waals surface area (Å²) >= 11 is 0. The first kappa shape index (κ1) is 22.5. The fraction of sp³-hybridized carbons (Fsp3) is 0.240. The van der Waals surface area contributed by atoms with Gasteiger partial charge in [-0.1, -0.05) is 12.0 Å². The molecule has 0 amide bonds. The number of halogens is 3. The van der Waals surface area contributed by atoms with Gasteiger partial charge in [-0.25, -0.2) is 18.0 Å². The Morgan fingerprint density at radius 1 is 1.29 bits per heavy atom. The molecule has 10 heteroatoms. The molecule has 4 aromatic rings. The zero-order chi connectivity index (χ0) is 25.0. The topological polar surface area (TPSA) is 88.7 Å². The summed E-state index contributed by atoms with van der Waals surface area (Å²) in [6, 6.07) is 4.12. The zero-order valence-electron chi connectivity index (χ0n) is 18.6. The first-order valence-electron chi connectivity index (χ1n) is 10.6. The number of alkyl halides is 2. The number of aromatic nitrogens is 2. The van der Waals surface area contributed by atoms with Crippen LogP contribution in [0, 0.1) is 25.1 Å². The van der Waals surface area contributed by atoms with Crippen LogP contribution in [0.1, 0.15) is 17.5 Å². The van der Waals surface area contributed by atoms with Crippen LogP contribution in [0.3, 0.4) is 0 Å². The van der Waals surface area contributed by atoms with Crippen molar-refractivity contribution in [3.8, 4) is 35.4 Å². The molecular weight excluding hydrogens is 463 g/mol. The van der Waals surface area contributed by atoms with Crippen LogP contribution in [0.25, 0.3) is 33.0 Å². The maximum atomic E-state index is 14.5. The van der Waals surface area contributed by atoms with Crippen LogP contribution in [0.2, 0.25) is 0 Å². The smallest absolute Gasteiger partial charge is 0.349 e. The summed E-state index contributed by atoms with van der Waals surface area (Å²) in [5.74, 6) is 1.47. The van der Waals surface area contributed by atoms with Gasteiger partial charge in [-0.15, -0.1) is 6.42 Å². The van der Waals surface area contributed by atoms with Crippen molar-refractivity contribution in [2.75, 3.05) is 18.6 Å². The van der Waals surface area contributed by atoms with Crippen molar-refractivity contribution in [2.24, 2.45) is 0 Å². The van der Waals surface area contributed by atoms with Gasteiger partial charge in [0.15, 0.2) is 5.82 Å². The molecule has 0 saturated carbocycles. The Morgan fingerprint density at radius 3 is 2.69 bits per heavy atom. The van der Waals surface area contributed by atoms with Crippen LogP contribution < -0.4 is 15.3 Å². The third-order valence-electron chi connectivity index (χ3n) is 6.22. The number of aryl methyl sites for hydroxylation is 1. The monoisotopic (exact) mass is 481 g/mol. The van der Waals surface area contributed by atoms with Gasteiger partial charge in [0, 0.05) is 23.1 Å². The second-order valence-electron chi connectivity index (χ2n) is 8.14. The summed E-state index contributed by atoms with van der Waals surface area (Å²) < 4.78 is 52.3. The Bertz CT molecular complexity index is 1610. The minimum Gasteiger partial charge on any atom is -0.508 e. The number of phenols is 1. The van der Waals surface area contributed by atoms with Gasteiger partial charge in [0.25, 0.3) is 6.43 Å². The number of fused-ring (bicyclic) bond motifs is 2. The molecule has 1 unspecified atom stereocenters. The average molecular weight is 481 g/mol. The van der Waals surface area contributed by atoms with Crippen LogP contribution >= 0.6 is 0 Å². The summed E-state index contributed by atoms with van der Waals surface area (Å²) in [5.41, 5.74) is -0.324. The van der Waals surface area contributed by atoms with E-state index >= 15 is 0 Å². The fourth-order valence-electron chi connectivity index (χ4n) is 4.45. The molecule has 1 saturated heterocycles. The van der Waals surface area contributed by atoms with Crippen molar-refractivity contribution >= 4 is 27.5 Å². The summed E-state index contributed by atoms with van der Waals surface area (Å²) in [5, 5.41) is 10.9. The van der Waals surface area contributed by atoms with Crippen molar-refractivity contribution in [3.05, 3.63) is 51.6 Å². The molecule has 2 aromatic carbocycles. The molecule has 0 spiro atoms. The standard InChI is InChI=1S/C25H18F3N3O4/c1-4-14-16(26)6-5-12-9-13(32)10-15(18(12)14)21-11(2)20-19(24(33)35-21)23(30-25(29-20)34-3)31-8-7-17(31)22(27)28/h1,5-6,9-10,17,22,32H,7-8H2,2-3H3. The molecule has 35 heavy (non-hydrogen) atoms. The van der Waals surface area contributed by atoms with Gasteiger partial charge in [0.1, 0.15) is 22.7 Å². The van der Waals surface area contributed by atoms with Gasteiger partial charge in [0.05, 0.1) is 24.2 Å². The third-order valence-corrected chi connectivity index (χ3v) is 6.22. The molecular formula is C25H18F3N3O4. The van der Waals surface area contributed by atoms with Crippen molar-refractivity contribution in [1.29, 1.82) is 0 Å². The number of hydrogen-bond acceptors (Lipinski definition) is 7. The second-order valence-corrected chi connectivity index (χ2v) is 8.14. The lowest BCUT2D eigenvalue weighted by Gasteiger charge is -2.41. The number of hydrogen-bond donors (Lipinski definition) is 1. The largest absolute Gasteiger partial charge is 0.508 e. The number of rotatable bonds is 4. The summed E-state index contributed by atoms with van der Waals surface area (Å²) in [7, 11) is 1.32. The van der Waals surface area contributed by atoms with E-state index in [0.29, 0.717) is 10.9 Å². The Labute approximate surface area is 196 Å². The van der Waals surface area contributed by atoms with Crippen molar-refractivity contribution in [3.63, 3.8) is 0 Å². The predicted octanol–water partition coefficient (Wildman–Crippen LogP) is 4.39. The summed E-state index contributed by atoms with van der Waals surface area (Å²) in [4.78, 5) is 23.0. The molecule has 0 radical (unpaired) electrons. The number of phenolic OH excluding ortho intramolecular Hbond substituents is 1. The highest BCUT2D eigenvalue weighted by Crippen LogP contribution is 2.40. The molecule has 1 aliphatic rings. The first-order chi connectivity index (χ1) is 16.7. The predicted molar refractivity (Wildman–Crippen MR) is 124 cm³/mol. The van der Waals surface area contributed by atoms with E-state index in [1.807, 2.05) is 0 Å². The number of nitrogens with zero attached hydrogens (tertiary/aromatic N) is 3. The number of benzene rings is 2. The van der Waals surface area contributed by atoms with Crippen LogP contribution in [-0.2, 0) is 0 Å². The van der Waals surface area contributed by atoms with Crippen LogP contribution in [-0.4, -0.2) is 41.2 Å². The molecule has 5 rings (SSSR count). The molecule has 1 atom stereocenters. The van der Waals surface area contributed by atoms with Gasteiger partial charge in [-0.2, -0.15) is 9.97 Å². The van der Waals surface area contributed by atoms with E-state index in [0.717, 1.165) is 0 Å². The number of aromatic hydroxyl groups is 1. The van der Waals surface area contributed by atoms with E-state index < -0.39 is 23.9 Å². The van der Waals surface area contributed by atoms with Crippen LogP contribution in [0.4, 0.5) is 19.0 Å². The van der Waals surface area contributed by atoms with Crippen molar-refractivity contribution in [2.45, 2.75) is 25.8 Å². The van der Waals surface area contributed by atoms with Crippen molar-refractivity contribution < 1.29 is 27.4 Å². The van der Waals surface area contributed by atoms with Gasteiger partial charge in [-0.05, 0) is 36.9 Å². The molecule has 1 N–H and O–H groups in total. The molecule has 7 nitrogen and oxygen atoms in total. The lowest BCUT2D eigenvalue weighted by atomic mass is 9.95. The average Bonchev–Trinajstić information content (AvgIpc) is 2.79. The zero-order valence-corrected chi connectivity index (χ0v) is 18.6. The molecule has 2 aromatic heterocycles.